The van der Waals surface area contributed by atoms with Crippen molar-refractivity contribution in [3.8, 4) is 0 Å². The fourth-order valence-electron chi connectivity index (χ4n) is 3.82. The molecule has 1 aromatic carbocycles. The van der Waals surface area contributed by atoms with Crippen LogP contribution in [0.2, 0.25) is 0 Å². The Morgan fingerprint density at radius 2 is 1.37 bits per heavy atom. The summed E-state index contributed by atoms with van der Waals surface area (Å²) in [5.74, 6) is 0.349. The van der Waals surface area contributed by atoms with Crippen LogP contribution in [0.1, 0.15) is 36.2 Å². The van der Waals surface area contributed by atoms with Gasteiger partial charge in [0.15, 0.2) is 0 Å². The number of anilines is 1. The number of thiophene rings is 2. The first kappa shape index (κ1) is 20.6. The first-order valence-corrected chi connectivity index (χ1v) is 11.5. The molecule has 154 valence electrons. The molecule has 3 nitrogen and oxygen atoms in total. The van der Waals surface area contributed by atoms with Gasteiger partial charge in [0.05, 0.1) is 5.57 Å². The number of hydrogen-bond acceptors (Lipinski definition) is 5. The van der Waals surface area contributed by atoms with Crippen molar-refractivity contribution in [2.24, 2.45) is 0 Å². The van der Waals surface area contributed by atoms with E-state index in [-0.39, 0.29) is 5.97 Å². The molecule has 1 aliphatic heterocycles. The number of esters is 1. The van der Waals surface area contributed by atoms with E-state index in [0.29, 0.717) is 11.3 Å². The Hall–Kier alpha value is -2.63. The lowest BCUT2D eigenvalue weighted by molar-refractivity contribution is -0.131. The second kappa shape index (κ2) is 7.89. The third-order valence-electron chi connectivity index (χ3n) is 5.23. The van der Waals surface area contributed by atoms with E-state index in [4.69, 9.17) is 4.74 Å². The zero-order chi connectivity index (χ0) is 21.6. The average molecular weight is 436 g/mol. The molecule has 0 spiro atoms. The minimum atomic E-state index is -0.273. The van der Waals surface area contributed by atoms with Gasteiger partial charge in [-0.15, -0.1) is 22.7 Å². The Balaban J connectivity index is 1.91. The van der Waals surface area contributed by atoms with Gasteiger partial charge >= 0.3 is 5.97 Å². The van der Waals surface area contributed by atoms with Gasteiger partial charge in [-0.25, -0.2) is 4.79 Å². The molecule has 3 aromatic rings. The van der Waals surface area contributed by atoms with Crippen LogP contribution < -0.4 is 4.90 Å². The molecule has 0 bridgehead atoms. The number of carbonyl (C=O) groups excluding carboxylic acids is 1. The molecule has 0 saturated carbocycles. The fraction of sp³-hybridized carbons (Fsp3) is 0.240. The minimum absolute atomic E-state index is 0.273. The Kier molecular flexibility index (Phi) is 5.43. The summed E-state index contributed by atoms with van der Waals surface area (Å²) >= 11 is 3.46. The maximum atomic E-state index is 13.1. The minimum Gasteiger partial charge on any atom is -0.422 e. The van der Waals surface area contributed by atoms with Crippen molar-refractivity contribution in [1.82, 2.24) is 0 Å². The van der Waals surface area contributed by atoms with Crippen LogP contribution in [-0.4, -0.2) is 20.1 Å². The van der Waals surface area contributed by atoms with Crippen LogP contribution in [0.5, 0.6) is 0 Å². The number of nitrogens with zero attached hydrogens (tertiary/aromatic N) is 1. The first-order chi connectivity index (χ1) is 14.2. The number of aryl methyl sites for hydroxylation is 4. The molecule has 1 aliphatic rings. The molecule has 2 aromatic heterocycles. The topological polar surface area (TPSA) is 29.5 Å². The van der Waals surface area contributed by atoms with Gasteiger partial charge in [-0.3, -0.25) is 0 Å². The van der Waals surface area contributed by atoms with E-state index in [9.17, 15) is 4.79 Å². The summed E-state index contributed by atoms with van der Waals surface area (Å²) in [4.78, 5) is 19.9. The van der Waals surface area contributed by atoms with Gasteiger partial charge in [0.2, 0.25) is 0 Å². The number of allylic oxidation sites excluding steroid dienone is 1. The zero-order valence-corrected chi connectivity index (χ0v) is 19.8. The summed E-state index contributed by atoms with van der Waals surface area (Å²) < 4.78 is 5.85. The highest BCUT2D eigenvalue weighted by atomic mass is 32.1. The quantitative estimate of drug-likeness (QED) is 0.431. The summed E-state index contributed by atoms with van der Waals surface area (Å²) in [6, 6.07) is 12.5. The molecule has 0 radical (unpaired) electrons. The first-order valence-electron chi connectivity index (χ1n) is 9.85. The van der Waals surface area contributed by atoms with Gasteiger partial charge in [-0.05, 0) is 63.6 Å². The maximum Gasteiger partial charge on any atom is 0.344 e. The number of cyclic esters (lactones) is 1. The molecule has 3 heterocycles. The molecule has 4 rings (SSSR count). The molecule has 0 saturated heterocycles. The Morgan fingerprint density at radius 3 is 1.83 bits per heavy atom. The van der Waals surface area contributed by atoms with Gasteiger partial charge in [0, 0.05) is 56.0 Å². The van der Waals surface area contributed by atoms with Crippen molar-refractivity contribution in [2.45, 2.75) is 27.7 Å². The van der Waals surface area contributed by atoms with E-state index < -0.39 is 0 Å². The third kappa shape index (κ3) is 3.75. The van der Waals surface area contributed by atoms with E-state index in [2.05, 4.69) is 69.0 Å². The molecule has 0 atom stereocenters. The second-order valence-electron chi connectivity index (χ2n) is 7.79. The molecule has 0 amide bonds. The van der Waals surface area contributed by atoms with Gasteiger partial charge in [-0.1, -0.05) is 12.1 Å². The van der Waals surface area contributed by atoms with Crippen LogP contribution in [0.15, 0.2) is 42.2 Å². The van der Waals surface area contributed by atoms with Crippen LogP contribution in [0.4, 0.5) is 5.69 Å². The Morgan fingerprint density at radius 1 is 0.833 bits per heavy atom. The molecule has 0 N–H and O–H groups in total. The predicted molar refractivity (Wildman–Crippen MR) is 129 cm³/mol. The average Bonchev–Trinajstić information content (AvgIpc) is 3.29. The SMILES string of the molecule is Cc1cc(C2=C(c3cc(C)sc3C)C(=Cc3ccc(N(C)C)cc3)OC2=O)c(C)s1. The van der Waals surface area contributed by atoms with E-state index in [1.54, 1.807) is 22.7 Å². The van der Waals surface area contributed by atoms with E-state index >= 15 is 0 Å². The van der Waals surface area contributed by atoms with E-state index in [0.717, 1.165) is 32.8 Å². The molecular formula is C25H25NO2S2. The molecule has 0 aliphatic carbocycles. The number of carbonyl (C=O) groups is 1. The number of rotatable bonds is 4. The summed E-state index contributed by atoms with van der Waals surface area (Å²) in [5.41, 5.74) is 5.77. The van der Waals surface area contributed by atoms with Crippen LogP contribution in [0.3, 0.4) is 0 Å². The van der Waals surface area contributed by atoms with Crippen molar-refractivity contribution < 1.29 is 9.53 Å². The summed E-state index contributed by atoms with van der Waals surface area (Å²) in [6.07, 6.45) is 1.97. The number of ether oxygens (including phenoxy) is 1. The lowest BCUT2D eigenvalue weighted by Crippen LogP contribution is -2.07. The Bertz CT molecular complexity index is 1190. The molecule has 0 unspecified atom stereocenters. The third-order valence-corrected chi connectivity index (χ3v) is 7.16. The van der Waals surface area contributed by atoms with Crippen molar-refractivity contribution >= 4 is 51.6 Å². The van der Waals surface area contributed by atoms with Gasteiger partial charge in [-0.2, -0.15) is 0 Å². The summed E-state index contributed by atoms with van der Waals surface area (Å²) in [5, 5.41) is 0. The van der Waals surface area contributed by atoms with Crippen molar-refractivity contribution in [1.29, 1.82) is 0 Å². The normalized spacial score (nSPS) is 15.3. The number of hydrogen-bond donors (Lipinski definition) is 0. The van der Waals surface area contributed by atoms with Crippen LogP contribution in [-0.2, 0) is 9.53 Å². The Labute approximate surface area is 185 Å². The largest absolute Gasteiger partial charge is 0.422 e. The second-order valence-corrected chi connectivity index (χ2v) is 10.7. The van der Waals surface area contributed by atoms with E-state index in [1.807, 2.05) is 20.2 Å². The van der Waals surface area contributed by atoms with Gasteiger partial charge in [0.25, 0.3) is 0 Å². The standard InChI is InChI=1S/C25H25NO2S2/c1-14-11-20(16(3)29-14)23-22(13-18-7-9-19(10-8-18)26(5)6)28-25(27)24(23)21-12-15(2)30-17(21)4/h7-13H,1-6H3. The van der Waals surface area contributed by atoms with Crippen molar-refractivity contribution in [2.75, 3.05) is 19.0 Å². The van der Waals surface area contributed by atoms with Crippen molar-refractivity contribution in [3.05, 3.63) is 78.4 Å². The van der Waals surface area contributed by atoms with Gasteiger partial charge < -0.3 is 9.64 Å². The van der Waals surface area contributed by atoms with E-state index in [1.165, 1.54) is 14.6 Å². The predicted octanol–water partition coefficient (Wildman–Crippen LogP) is 6.62. The van der Waals surface area contributed by atoms with Crippen molar-refractivity contribution in [3.63, 3.8) is 0 Å². The summed E-state index contributed by atoms with van der Waals surface area (Å²) in [7, 11) is 4.04. The highest BCUT2D eigenvalue weighted by molar-refractivity contribution is 7.12. The molecule has 0 fully saturated rings. The van der Waals surface area contributed by atoms with Gasteiger partial charge in [0.1, 0.15) is 5.76 Å². The molecular weight excluding hydrogens is 410 g/mol. The van der Waals surface area contributed by atoms with Crippen LogP contribution >= 0.6 is 22.7 Å². The fourth-order valence-corrected chi connectivity index (χ4v) is 5.68. The highest BCUT2D eigenvalue weighted by Crippen LogP contribution is 2.45. The highest BCUT2D eigenvalue weighted by Gasteiger charge is 2.34. The summed E-state index contributed by atoms with van der Waals surface area (Å²) in [6.45, 7) is 8.35. The lowest BCUT2D eigenvalue weighted by atomic mass is 9.94. The maximum absolute atomic E-state index is 13.1. The smallest absolute Gasteiger partial charge is 0.344 e. The molecule has 30 heavy (non-hydrogen) atoms. The van der Waals surface area contributed by atoms with Crippen LogP contribution in [0.25, 0.3) is 17.2 Å². The lowest BCUT2D eigenvalue weighted by Gasteiger charge is -2.12. The number of benzene rings is 1. The van der Waals surface area contributed by atoms with Crippen LogP contribution in [0, 0.1) is 27.7 Å². The zero-order valence-electron chi connectivity index (χ0n) is 18.1. The molecule has 5 heteroatoms. The monoisotopic (exact) mass is 435 g/mol.